The zero-order valence-corrected chi connectivity index (χ0v) is 18.3. The molecular weight excluding hydrogens is 435 g/mol. The average Bonchev–Trinajstić information content (AvgIpc) is 3.10. The van der Waals surface area contributed by atoms with E-state index in [2.05, 4.69) is 5.10 Å². The molecule has 0 atom stereocenters. The molecular formula is C22H20N2O4Se. The number of rotatable bonds is 5. The molecule has 0 spiro atoms. The van der Waals surface area contributed by atoms with E-state index in [4.69, 9.17) is 14.2 Å². The van der Waals surface area contributed by atoms with E-state index < -0.39 is 0 Å². The molecule has 148 valence electrons. The van der Waals surface area contributed by atoms with Gasteiger partial charge in [-0.3, -0.25) is 0 Å². The first kappa shape index (κ1) is 19.3. The summed E-state index contributed by atoms with van der Waals surface area (Å²) in [5.41, 5.74) is 2.53. The molecule has 0 amide bonds. The van der Waals surface area contributed by atoms with Crippen molar-refractivity contribution in [3.05, 3.63) is 64.4 Å². The van der Waals surface area contributed by atoms with Crippen LogP contribution in [0.4, 0.5) is 0 Å². The number of hydrogen-bond acceptors (Lipinski definition) is 5. The van der Waals surface area contributed by atoms with Crippen LogP contribution in [0.1, 0.15) is 5.69 Å². The number of nitrogens with zero attached hydrogens (tertiary/aromatic N) is 2. The van der Waals surface area contributed by atoms with Crippen LogP contribution in [-0.2, 0) is 0 Å². The number of para-hydroxylation sites is 1. The van der Waals surface area contributed by atoms with Crippen LogP contribution >= 0.6 is 0 Å². The summed E-state index contributed by atoms with van der Waals surface area (Å²) in [4.78, 5) is 13.0. The Kier molecular flexibility index (Phi) is 5.18. The van der Waals surface area contributed by atoms with Crippen LogP contribution in [0.5, 0.6) is 17.2 Å². The minimum atomic E-state index is -0.134. The quantitative estimate of drug-likeness (QED) is 0.432. The molecule has 29 heavy (non-hydrogen) atoms. The van der Waals surface area contributed by atoms with Crippen molar-refractivity contribution >= 4 is 24.3 Å². The van der Waals surface area contributed by atoms with Crippen LogP contribution in [0, 0.1) is 6.92 Å². The van der Waals surface area contributed by atoms with Crippen molar-refractivity contribution in [2.45, 2.75) is 6.92 Å². The molecule has 7 heteroatoms. The normalized spacial score (nSPS) is 10.9. The van der Waals surface area contributed by atoms with Crippen LogP contribution in [-0.4, -0.2) is 45.6 Å². The predicted octanol–water partition coefficient (Wildman–Crippen LogP) is 3.44. The van der Waals surface area contributed by atoms with Crippen LogP contribution in [0.25, 0.3) is 25.5 Å². The van der Waals surface area contributed by atoms with Gasteiger partial charge in [0.2, 0.25) is 0 Å². The zero-order chi connectivity index (χ0) is 20.5. The number of fused-ring (bicyclic) bond motifs is 1. The standard InChI is InChI=1S/C22H20N2O4Se/c1-13-20-16(25)12-19(14-10-17(26-2)21(28-4)18(11-14)27-3)29-22(20)24(23-13)15-8-6-5-7-9-15/h5-12H,1-4H3. The van der Waals surface area contributed by atoms with Gasteiger partial charge in [-0.2, -0.15) is 0 Å². The van der Waals surface area contributed by atoms with Crippen molar-refractivity contribution < 1.29 is 14.2 Å². The van der Waals surface area contributed by atoms with E-state index >= 15 is 0 Å². The van der Waals surface area contributed by atoms with Gasteiger partial charge in [0, 0.05) is 0 Å². The van der Waals surface area contributed by atoms with Gasteiger partial charge in [0.15, 0.2) is 0 Å². The van der Waals surface area contributed by atoms with Crippen molar-refractivity contribution in [1.29, 1.82) is 0 Å². The van der Waals surface area contributed by atoms with E-state index in [0.717, 1.165) is 25.8 Å². The molecule has 4 rings (SSSR count). The Morgan fingerprint density at radius 2 is 1.59 bits per heavy atom. The van der Waals surface area contributed by atoms with Crippen molar-refractivity contribution in [3.63, 3.8) is 0 Å². The fraction of sp³-hybridized carbons (Fsp3) is 0.182. The Labute approximate surface area is 174 Å². The minimum absolute atomic E-state index is 0.0310. The van der Waals surface area contributed by atoms with Gasteiger partial charge in [-0.1, -0.05) is 0 Å². The molecule has 0 aliphatic carbocycles. The number of benzene rings is 2. The first-order chi connectivity index (χ1) is 14.1. The second-order valence-corrected chi connectivity index (χ2v) is 8.56. The van der Waals surface area contributed by atoms with Gasteiger partial charge >= 0.3 is 174 Å². The van der Waals surface area contributed by atoms with Crippen LogP contribution < -0.4 is 19.6 Å². The van der Waals surface area contributed by atoms with E-state index in [0.29, 0.717) is 22.6 Å². The molecule has 0 aliphatic rings. The summed E-state index contributed by atoms with van der Waals surface area (Å²) >= 11 is -0.134. The number of ether oxygens (including phenoxy) is 3. The molecule has 0 saturated heterocycles. The molecule has 2 aromatic heterocycles. The van der Waals surface area contributed by atoms with Gasteiger partial charge in [-0.15, -0.1) is 0 Å². The van der Waals surface area contributed by atoms with Crippen molar-refractivity contribution in [1.82, 2.24) is 9.78 Å². The third-order valence-corrected chi connectivity index (χ3v) is 7.08. The number of aromatic nitrogens is 2. The molecule has 0 N–H and O–H groups in total. The fourth-order valence-corrected chi connectivity index (χ4v) is 5.82. The van der Waals surface area contributed by atoms with Crippen LogP contribution in [0.2, 0.25) is 0 Å². The van der Waals surface area contributed by atoms with Gasteiger partial charge < -0.3 is 0 Å². The number of hydrogen-bond donors (Lipinski definition) is 0. The second kappa shape index (κ2) is 7.78. The maximum atomic E-state index is 13.0. The molecule has 4 aromatic rings. The SMILES string of the molecule is COc1cc(-c2cc(=O)c3c(C)nn(-c4ccccc4)c3[se]2)cc(OC)c1OC. The van der Waals surface area contributed by atoms with Crippen LogP contribution in [0.15, 0.2) is 53.3 Å². The molecule has 6 nitrogen and oxygen atoms in total. The molecule has 0 fully saturated rings. The summed E-state index contributed by atoms with van der Waals surface area (Å²) < 4.78 is 20.1. The Balaban J connectivity index is 1.98. The van der Waals surface area contributed by atoms with Crippen molar-refractivity contribution in [2.75, 3.05) is 21.3 Å². The molecule has 0 aliphatic heterocycles. The number of aryl methyl sites for hydroxylation is 1. The number of methoxy groups -OCH3 is 3. The first-order valence-corrected chi connectivity index (χ1v) is 10.7. The summed E-state index contributed by atoms with van der Waals surface area (Å²) in [5, 5.41) is 5.34. The third kappa shape index (κ3) is 3.33. The Bertz CT molecular complexity index is 1220. The first-order valence-electron chi connectivity index (χ1n) is 8.96. The molecule has 0 saturated carbocycles. The van der Waals surface area contributed by atoms with Crippen molar-refractivity contribution in [2.24, 2.45) is 0 Å². The molecule has 2 heterocycles. The van der Waals surface area contributed by atoms with E-state index in [1.54, 1.807) is 27.4 Å². The summed E-state index contributed by atoms with van der Waals surface area (Å²) in [5.74, 6) is 1.65. The average molecular weight is 455 g/mol. The van der Waals surface area contributed by atoms with E-state index in [-0.39, 0.29) is 19.9 Å². The molecule has 0 radical (unpaired) electrons. The Morgan fingerprint density at radius 1 is 0.931 bits per heavy atom. The van der Waals surface area contributed by atoms with E-state index in [9.17, 15) is 4.79 Å². The zero-order valence-electron chi connectivity index (χ0n) is 16.6. The van der Waals surface area contributed by atoms with Gasteiger partial charge in [0.1, 0.15) is 0 Å². The van der Waals surface area contributed by atoms with Gasteiger partial charge in [0.25, 0.3) is 0 Å². The molecule has 0 bridgehead atoms. The Hall–Kier alpha value is -3.02. The Morgan fingerprint density at radius 3 is 2.17 bits per heavy atom. The van der Waals surface area contributed by atoms with E-state index in [1.807, 2.05) is 54.1 Å². The summed E-state index contributed by atoms with van der Waals surface area (Å²) in [6.07, 6.45) is 0. The molecule has 2 aromatic carbocycles. The second-order valence-electron chi connectivity index (χ2n) is 6.40. The van der Waals surface area contributed by atoms with Gasteiger partial charge in [-0.25, -0.2) is 0 Å². The van der Waals surface area contributed by atoms with Crippen molar-refractivity contribution in [3.8, 4) is 32.9 Å². The van der Waals surface area contributed by atoms with Gasteiger partial charge in [-0.05, 0) is 0 Å². The fourth-order valence-electron chi connectivity index (χ4n) is 3.32. The maximum absolute atomic E-state index is 13.0. The molecule has 0 unspecified atom stereocenters. The predicted molar refractivity (Wildman–Crippen MR) is 114 cm³/mol. The monoisotopic (exact) mass is 456 g/mol. The summed E-state index contributed by atoms with van der Waals surface area (Å²) in [6, 6.07) is 15.3. The summed E-state index contributed by atoms with van der Waals surface area (Å²) in [6.45, 7) is 1.88. The van der Waals surface area contributed by atoms with E-state index in [1.165, 1.54) is 0 Å². The topological polar surface area (TPSA) is 62.6 Å². The van der Waals surface area contributed by atoms with Crippen LogP contribution in [0.3, 0.4) is 0 Å². The third-order valence-electron chi connectivity index (χ3n) is 4.68. The van der Waals surface area contributed by atoms with Gasteiger partial charge in [0.05, 0.1) is 0 Å². The summed E-state index contributed by atoms with van der Waals surface area (Å²) in [7, 11) is 4.73.